The molecule has 0 radical (unpaired) electrons. The summed E-state index contributed by atoms with van der Waals surface area (Å²) in [5.41, 5.74) is 6.62. The first kappa shape index (κ1) is 19.6. The third-order valence-electron chi connectivity index (χ3n) is 3.59. The molecule has 0 atom stereocenters. The van der Waals surface area contributed by atoms with Crippen molar-refractivity contribution in [1.29, 1.82) is 0 Å². The van der Waals surface area contributed by atoms with Crippen LogP contribution in [0.2, 0.25) is 0 Å². The van der Waals surface area contributed by atoms with E-state index in [4.69, 9.17) is 10.3 Å². The zero-order chi connectivity index (χ0) is 16.9. The molecule has 1 aromatic rings. The van der Waals surface area contributed by atoms with Crippen LogP contribution in [0.4, 0.5) is 0 Å². The number of rotatable bonds is 13. The highest BCUT2D eigenvalue weighted by Gasteiger charge is 2.16. The van der Waals surface area contributed by atoms with Crippen LogP contribution >= 0.6 is 0 Å². The van der Waals surface area contributed by atoms with Gasteiger partial charge in [0.2, 0.25) is 0 Å². The smallest absolute Gasteiger partial charge is 0.256 e. The SMILES string of the molecule is Cc1noc(C)c1C(=O)NCCCNCCCCNCCCN. The number of nitrogens with one attached hydrogen (secondary N) is 3. The molecule has 5 N–H and O–H groups in total. The van der Waals surface area contributed by atoms with Gasteiger partial charge >= 0.3 is 0 Å². The molecule has 0 fully saturated rings. The summed E-state index contributed by atoms with van der Waals surface area (Å²) in [5, 5.41) is 13.4. The van der Waals surface area contributed by atoms with E-state index in [0.717, 1.165) is 52.0 Å². The lowest BCUT2D eigenvalue weighted by Gasteiger charge is -2.07. The zero-order valence-electron chi connectivity index (χ0n) is 14.4. The minimum Gasteiger partial charge on any atom is -0.361 e. The Kier molecular flexibility index (Phi) is 10.3. The highest BCUT2D eigenvalue weighted by Crippen LogP contribution is 2.11. The van der Waals surface area contributed by atoms with Crippen molar-refractivity contribution >= 4 is 5.91 Å². The van der Waals surface area contributed by atoms with Crippen LogP contribution in [0.25, 0.3) is 0 Å². The van der Waals surface area contributed by atoms with Crippen LogP contribution in [0.15, 0.2) is 4.52 Å². The maximum Gasteiger partial charge on any atom is 0.256 e. The molecule has 0 aromatic carbocycles. The molecule has 132 valence electrons. The van der Waals surface area contributed by atoms with Crippen molar-refractivity contribution < 1.29 is 9.32 Å². The van der Waals surface area contributed by atoms with Crippen LogP contribution in [-0.2, 0) is 0 Å². The molecule has 7 nitrogen and oxygen atoms in total. The average molecular weight is 325 g/mol. The Morgan fingerprint density at radius 1 is 1.00 bits per heavy atom. The summed E-state index contributed by atoms with van der Waals surface area (Å²) in [4.78, 5) is 12.0. The van der Waals surface area contributed by atoms with E-state index < -0.39 is 0 Å². The lowest BCUT2D eigenvalue weighted by Crippen LogP contribution is -2.28. The third kappa shape index (κ3) is 8.11. The molecule has 0 saturated carbocycles. The summed E-state index contributed by atoms with van der Waals surface area (Å²) in [6.07, 6.45) is 4.27. The summed E-state index contributed by atoms with van der Waals surface area (Å²) in [5.74, 6) is 0.461. The van der Waals surface area contributed by atoms with Crippen molar-refractivity contribution in [3.8, 4) is 0 Å². The van der Waals surface area contributed by atoms with E-state index >= 15 is 0 Å². The van der Waals surface area contributed by atoms with Crippen LogP contribution in [0.3, 0.4) is 0 Å². The first-order chi connectivity index (χ1) is 11.2. The third-order valence-corrected chi connectivity index (χ3v) is 3.59. The van der Waals surface area contributed by atoms with Gasteiger partial charge in [0, 0.05) is 6.54 Å². The summed E-state index contributed by atoms with van der Waals surface area (Å²) in [6.45, 7) is 8.90. The summed E-state index contributed by atoms with van der Waals surface area (Å²) in [7, 11) is 0. The summed E-state index contributed by atoms with van der Waals surface area (Å²) in [6, 6.07) is 0. The van der Waals surface area contributed by atoms with Crippen LogP contribution in [0, 0.1) is 13.8 Å². The van der Waals surface area contributed by atoms with Gasteiger partial charge in [-0.05, 0) is 72.3 Å². The second kappa shape index (κ2) is 12.0. The van der Waals surface area contributed by atoms with Crippen molar-refractivity contribution in [3.63, 3.8) is 0 Å². The Hall–Kier alpha value is -1.44. The van der Waals surface area contributed by atoms with Gasteiger partial charge < -0.3 is 26.2 Å². The van der Waals surface area contributed by atoms with Gasteiger partial charge in [-0.3, -0.25) is 4.79 Å². The van der Waals surface area contributed by atoms with Gasteiger partial charge in [0.25, 0.3) is 5.91 Å². The number of hydrogen-bond acceptors (Lipinski definition) is 6. The molecular weight excluding hydrogens is 294 g/mol. The van der Waals surface area contributed by atoms with E-state index in [-0.39, 0.29) is 5.91 Å². The predicted molar refractivity (Wildman–Crippen MR) is 91.6 cm³/mol. The van der Waals surface area contributed by atoms with Gasteiger partial charge in [0.05, 0.1) is 5.69 Å². The lowest BCUT2D eigenvalue weighted by atomic mass is 10.2. The number of aryl methyl sites for hydroxylation is 2. The zero-order valence-corrected chi connectivity index (χ0v) is 14.4. The van der Waals surface area contributed by atoms with Crippen LogP contribution < -0.4 is 21.7 Å². The second-order valence-electron chi connectivity index (χ2n) is 5.66. The first-order valence-electron chi connectivity index (χ1n) is 8.49. The van der Waals surface area contributed by atoms with Gasteiger partial charge in [-0.15, -0.1) is 0 Å². The van der Waals surface area contributed by atoms with Crippen LogP contribution in [-0.4, -0.2) is 50.3 Å². The van der Waals surface area contributed by atoms with Crippen molar-refractivity contribution in [2.24, 2.45) is 5.73 Å². The fourth-order valence-electron chi connectivity index (χ4n) is 2.29. The van der Waals surface area contributed by atoms with Crippen molar-refractivity contribution in [3.05, 3.63) is 17.0 Å². The number of nitrogens with two attached hydrogens (primary N) is 1. The standard InChI is InChI=1S/C16H31N5O2/c1-13-15(14(2)23-21-13)16(22)20-12-6-11-19-9-4-3-8-18-10-5-7-17/h18-19H,3-12,17H2,1-2H3,(H,20,22). The Bertz CT molecular complexity index is 428. The highest BCUT2D eigenvalue weighted by molar-refractivity contribution is 5.96. The number of carbonyl (C=O) groups excluding carboxylic acids is 1. The van der Waals surface area contributed by atoms with E-state index in [1.807, 2.05) is 0 Å². The minimum absolute atomic E-state index is 0.107. The Labute approximate surface area is 138 Å². The summed E-state index contributed by atoms with van der Waals surface area (Å²) < 4.78 is 5.00. The van der Waals surface area contributed by atoms with E-state index in [1.54, 1.807) is 13.8 Å². The van der Waals surface area contributed by atoms with E-state index in [2.05, 4.69) is 21.1 Å². The van der Waals surface area contributed by atoms with Gasteiger partial charge in [-0.1, -0.05) is 5.16 Å². The molecule has 23 heavy (non-hydrogen) atoms. The highest BCUT2D eigenvalue weighted by atomic mass is 16.5. The monoisotopic (exact) mass is 325 g/mol. The van der Waals surface area contributed by atoms with Crippen molar-refractivity contribution in [2.45, 2.75) is 39.5 Å². The number of carbonyl (C=O) groups is 1. The lowest BCUT2D eigenvalue weighted by molar-refractivity contribution is 0.0951. The molecule has 0 bridgehead atoms. The number of amides is 1. The molecule has 0 aliphatic rings. The maximum absolute atomic E-state index is 12.0. The van der Waals surface area contributed by atoms with Gasteiger partial charge in [-0.2, -0.15) is 0 Å². The molecule has 0 unspecified atom stereocenters. The minimum atomic E-state index is -0.107. The quantitative estimate of drug-likeness (QED) is 0.398. The molecule has 0 spiro atoms. The molecule has 1 rings (SSSR count). The normalized spacial score (nSPS) is 10.9. The number of nitrogens with zero attached hydrogens (tertiary/aromatic N) is 1. The first-order valence-corrected chi connectivity index (χ1v) is 8.49. The van der Waals surface area contributed by atoms with Gasteiger partial charge in [0.15, 0.2) is 0 Å². The van der Waals surface area contributed by atoms with E-state index in [0.29, 0.717) is 23.6 Å². The van der Waals surface area contributed by atoms with E-state index in [1.165, 1.54) is 6.42 Å². The Balaban J connectivity index is 1.93. The fraction of sp³-hybridized carbons (Fsp3) is 0.750. The molecule has 0 saturated heterocycles. The molecular formula is C16H31N5O2. The van der Waals surface area contributed by atoms with Crippen LogP contribution in [0.5, 0.6) is 0 Å². The number of hydrogen-bond donors (Lipinski definition) is 4. The van der Waals surface area contributed by atoms with Crippen molar-refractivity contribution in [2.75, 3.05) is 39.3 Å². The summed E-state index contributed by atoms with van der Waals surface area (Å²) >= 11 is 0. The topological polar surface area (TPSA) is 105 Å². The van der Waals surface area contributed by atoms with Gasteiger partial charge in [0.1, 0.15) is 11.3 Å². The Morgan fingerprint density at radius 2 is 1.61 bits per heavy atom. The van der Waals surface area contributed by atoms with E-state index in [9.17, 15) is 4.79 Å². The van der Waals surface area contributed by atoms with Crippen LogP contribution in [0.1, 0.15) is 47.5 Å². The maximum atomic E-state index is 12.0. The molecule has 1 heterocycles. The van der Waals surface area contributed by atoms with Crippen molar-refractivity contribution in [1.82, 2.24) is 21.1 Å². The number of aromatic nitrogens is 1. The molecule has 0 aliphatic heterocycles. The average Bonchev–Trinajstić information content (AvgIpc) is 2.87. The molecule has 1 aromatic heterocycles. The second-order valence-corrected chi connectivity index (χ2v) is 5.66. The molecule has 0 aliphatic carbocycles. The fourth-order valence-corrected chi connectivity index (χ4v) is 2.29. The van der Waals surface area contributed by atoms with Gasteiger partial charge in [-0.25, -0.2) is 0 Å². The molecule has 7 heteroatoms. The predicted octanol–water partition coefficient (Wildman–Crippen LogP) is 0.720. The Morgan fingerprint density at radius 3 is 2.17 bits per heavy atom. The molecule has 1 amide bonds. The number of unbranched alkanes of at least 4 members (excludes halogenated alkanes) is 1. The largest absolute Gasteiger partial charge is 0.361 e.